The lowest BCUT2D eigenvalue weighted by atomic mass is 10.00. The number of ether oxygens (including phenoxy) is 2. The highest BCUT2D eigenvalue weighted by Gasteiger charge is 2.22. The van der Waals surface area contributed by atoms with Gasteiger partial charge in [-0.05, 0) is 38.3 Å². The predicted molar refractivity (Wildman–Crippen MR) is 78.9 cm³/mol. The van der Waals surface area contributed by atoms with Gasteiger partial charge in [-0.1, -0.05) is 13.3 Å². The van der Waals surface area contributed by atoms with Gasteiger partial charge < -0.3 is 14.8 Å². The lowest BCUT2D eigenvalue weighted by molar-refractivity contribution is 0.00597. The first-order valence-electron chi connectivity index (χ1n) is 7.53. The number of hydrogen-bond donors (Lipinski definition) is 1. The van der Waals surface area contributed by atoms with Gasteiger partial charge >= 0.3 is 0 Å². The Morgan fingerprint density at radius 1 is 1.40 bits per heavy atom. The van der Waals surface area contributed by atoms with E-state index in [9.17, 15) is 4.39 Å². The monoisotopic (exact) mass is 281 g/mol. The topological polar surface area (TPSA) is 30.5 Å². The van der Waals surface area contributed by atoms with E-state index >= 15 is 0 Å². The maximum atomic E-state index is 13.8. The normalized spacial score (nSPS) is 22.6. The molecule has 4 heteroatoms. The Bertz CT molecular complexity index is 423. The van der Waals surface area contributed by atoms with Crippen molar-refractivity contribution in [2.45, 2.75) is 51.7 Å². The number of nitrogens with one attached hydrogen (secondary N) is 1. The maximum absolute atomic E-state index is 13.8. The molecule has 0 radical (unpaired) electrons. The first-order chi connectivity index (χ1) is 9.72. The highest BCUT2D eigenvalue weighted by molar-refractivity contribution is 5.48. The second kappa shape index (κ2) is 7.48. The Balaban J connectivity index is 1.94. The average molecular weight is 281 g/mol. The summed E-state index contributed by atoms with van der Waals surface area (Å²) in [6, 6.07) is 5.43. The van der Waals surface area contributed by atoms with E-state index in [0.29, 0.717) is 24.5 Å². The van der Waals surface area contributed by atoms with Crippen molar-refractivity contribution in [1.29, 1.82) is 0 Å². The summed E-state index contributed by atoms with van der Waals surface area (Å²) in [5, 5.41) is 3.40. The molecule has 112 valence electrons. The lowest BCUT2D eigenvalue weighted by Gasteiger charge is -2.30. The summed E-state index contributed by atoms with van der Waals surface area (Å²) >= 11 is 0. The second-order valence-corrected chi connectivity index (χ2v) is 5.23. The molecule has 1 fully saturated rings. The van der Waals surface area contributed by atoms with Crippen molar-refractivity contribution in [1.82, 2.24) is 0 Å². The smallest absolute Gasteiger partial charge is 0.167 e. The Morgan fingerprint density at radius 3 is 2.95 bits per heavy atom. The molecule has 0 aliphatic carbocycles. The minimum atomic E-state index is -0.311. The van der Waals surface area contributed by atoms with Crippen molar-refractivity contribution in [2.24, 2.45) is 0 Å². The van der Waals surface area contributed by atoms with Crippen molar-refractivity contribution in [2.75, 3.05) is 18.5 Å². The average Bonchev–Trinajstić information content (AvgIpc) is 2.43. The van der Waals surface area contributed by atoms with Gasteiger partial charge in [-0.3, -0.25) is 0 Å². The van der Waals surface area contributed by atoms with Gasteiger partial charge in [0.1, 0.15) is 0 Å². The lowest BCUT2D eigenvalue weighted by Crippen LogP contribution is -2.34. The molecule has 1 saturated heterocycles. The summed E-state index contributed by atoms with van der Waals surface area (Å²) < 4.78 is 24.7. The molecule has 0 saturated carbocycles. The summed E-state index contributed by atoms with van der Waals surface area (Å²) in [5.74, 6) is 0.00269. The van der Waals surface area contributed by atoms with Crippen LogP contribution in [-0.4, -0.2) is 25.4 Å². The van der Waals surface area contributed by atoms with Gasteiger partial charge in [-0.2, -0.15) is 0 Å². The molecular formula is C16H24FNO2. The molecule has 2 atom stereocenters. The maximum Gasteiger partial charge on any atom is 0.167 e. The van der Waals surface area contributed by atoms with Gasteiger partial charge in [0.2, 0.25) is 0 Å². The quantitative estimate of drug-likeness (QED) is 0.855. The van der Waals surface area contributed by atoms with Crippen LogP contribution in [0.3, 0.4) is 0 Å². The number of benzene rings is 1. The molecule has 1 heterocycles. The van der Waals surface area contributed by atoms with Gasteiger partial charge in [0.05, 0.1) is 12.7 Å². The van der Waals surface area contributed by atoms with Crippen molar-refractivity contribution in [3.8, 4) is 5.75 Å². The van der Waals surface area contributed by atoms with Crippen molar-refractivity contribution in [3.05, 3.63) is 24.0 Å². The van der Waals surface area contributed by atoms with E-state index in [1.165, 1.54) is 6.07 Å². The Labute approximate surface area is 120 Å². The van der Waals surface area contributed by atoms with Crippen LogP contribution in [0.4, 0.5) is 10.1 Å². The van der Waals surface area contributed by atoms with Crippen LogP contribution in [0.2, 0.25) is 0 Å². The summed E-state index contributed by atoms with van der Waals surface area (Å²) in [5.41, 5.74) is 0.813. The van der Waals surface area contributed by atoms with Gasteiger partial charge in [0.25, 0.3) is 0 Å². The van der Waals surface area contributed by atoms with E-state index in [1.807, 2.05) is 13.0 Å². The fraction of sp³-hybridized carbons (Fsp3) is 0.625. The molecule has 20 heavy (non-hydrogen) atoms. The van der Waals surface area contributed by atoms with E-state index < -0.39 is 0 Å². The summed E-state index contributed by atoms with van der Waals surface area (Å²) in [7, 11) is 0. The minimum absolute atomic E-state index is 0.311. The first-order valence-corrected chi connectivity index (χ1v) is 7.53. The Morgan fingerprint density at radius 2 is 2.25 bits per heavy atom. The number of anilines is 1. The van der Waals surface area contributed by atoms with Crippen LogP contribution < -0.4 is 10.1 Å². The highest BCUT2D eigenvalue weighted by Crippen LogP contribution is 2.25. The Hall–Kier alpha value is -1.29. The van der Waals surface area contributed by atoms with Crippen molar-refractivity contribution >= 4 is 5.69 Å². The summed E-state index contributed by atoms with van der Waals surface area (Å²) in [6.07, 6.45) is 4.52. The predicted octanol–water partition coefficient (Wildman–Crippen LogP) is 3.98. The molecule has 1 aromatic carbocycles. The molecule has 0 spiro atoms. The molecule has 1 aromatic rings. The molecule has 0 amide bonds. The molecule has 3 nitrogen and oxygen atoms in total. The third-order valence-electron chi connectivity index (χ3n) is 3.58. The Kier molecular flexibility index (Phi) is 5.65. The molecule has 2 unspecified atom stereocenters. The van der Waals surface area contributed by atoms with Gasteiger partial charge in [0.15, 0.2) is 11.6 Å². The van der Waals surface area contributed by atoms with Crippen molar-refractivity contribution in [3.63, 3.8) is 0 Å². The number of hydrogen-bond acceptors (Lipinski definition) is 3. The fourth-order valence-electron chi connectivity index (χ4n) is 2.63. The number of rotatable bonds is 6. The molecule has 0 aromatic heterocycles. The molecule has 0 bridgehead atoms. The zero-order valence-corrected chi connectivity index (χ0v) is 12.3. The summed E-state index contributed by atoms with van der Waals surface area (Å²) in [4.78, 5) is 0. The van der Waals surface area contributed by atoms with Gasteiger partial charge in [-0.25, -0.2) is 4.39 Å². The SMILES string of the molecule is CCCC1CC(Nc2ccc(OCC)c(F)c2)CCO1. The minimum Gasteiger partial charge on any atom is -0.491 e. The van der Waals surface area contributed by atoms with Crippen LogP contribution in [0.1, 0.15) is 39.5 Å². The number of halogens is 1. The van der Waals surface area contributed by atoms with Crippen LogP contribution in [0, 0.1) is 5.82 Å². The van der Waals surface area contributed by atoms with Crippen LogP contribution in [0.5, 0.6) is 5.75 Å². The van der Waals surface area contributed by atoms with Crippen LogP contribution in [0.15, 0.2) is 18.2 Å². The van der Waals surface area contributed by atoms with E-state index in [2.05, 4.69) is 12.2 Å². The largest absolute Gasteiger partial charge is 0.491 e. The van der Waals surface area contributed by atoms with Gasteiger partial charge in [-0.15, -0.1) is 0 Å². The molecule has 2 rings (SSSR count). The molecule has 1 N–H and O–H groups in total. The standard InChI is InChI=1S/C16H24FNO2/c1-3-5-14-10-13(8-9-20-14)18-12-6-7-16(19-4-2)15(17)11-12/h6-7,11,13-14,18H,3-5,8-10H2,1-2H3. The highest BCUT2D eigenvalue weighted by atomic mass is 19.1. The van der Waals surface area contributed by atoms with Gasteiger partial charge in [0, 0.05) is 24.4 Å². The van der Waals surface area contributed by atoms with E-state index in [0.717, 1.165) is 38.0 Å². The zero-order valence-electron chi connectivity index (χ0n) is 12.3. The van der Waals surface area contributed by atoms with Crippen LogP contribution in [0.25, 0.3) is 0 Å². The van der Waals surface area contributed by atoms with Crippen LogP contribution >= 0.6 is 0 Å². The second-order valence-electron chi connectivity index (χ2n) is 5.23. The third kappa shape index (κ3) is 4.10. The van der Waals surface area contributed by atoms with Crippen molar-refractivity contribution < 1.29 is 13.9 Å². The van der Waals surface area contributed by atoms with Crippen LogP contribution in [-0.2, 0) is 4.74 Å². The van der Waals surface area contributed by atoms with E-state index in [4.69, 9.17) is 9.47 Å². The third-order valence-corrected chi connectivity index (χ3v) is 3.58. The van der Waals surface area contributed by atoms with E-state index in [1.54, 1.807) is 6.07 Å². The molecule has 1 aliphatic heterocycles. The summed E-state index contributed by atoms with van der Waals surface area (Å²) in [6.45, 7) is 5.27. The molecule has 1 aliphatic rings. The first kappa shape index (κ1) is 15.1. The molecular weight excluding hydrogens is 257 g/mol. The zero-order chi connectivity index (χ0) is 14.4. The van der Waals surface area contributed by atoms with E-state index in [-0.39, 0.29) is 5.82 Å². The fourth-order valence-corrected chi connectivity index (χ4v) is 2.63.